The van der Waals surface area contributed by atoms with E-state index in [0.29, 0.717) is 11.5 Å². The number of hydrogen-bond acceptors (Lipinski definition) is 5. The molecular weight excluding hydrogens is 334 g/mol. The summed E-state index contributed by atoms with van der Waals surface area (Å²) in [6.07, 6.45) is 3.00. The summed E-state index contributed by atoms with van der Waals surface area (Å²) in [6.45, 7) is 1.96. The van der Waals surface area contributed by atoms with E-state index < -0.39 is 12.0 Å². The highest BCUT2D eigenvalue weighted by Gasteiger charge is 2.16. The number of benzene rings is 2. The number of carbonyl (C=O) groups excluding carboxylic acids is 2. The lowest BCUT2D eigenvalue weighted by atomic mass is 10.2. The molecule has 1 N–H and O–H groups in total. The van der Waals surface area contributed by atoms with E-state index in [1.54, 1.807) is 25.1 Å². The van der Waals surface area contributed by atoms with Crippen LogP contribution in [-0.4, -0.2) is 24.7 Å². The van der Waals surface area contributed by atoms with Crippen LogP contribution in [0, 0.1) is 0 Å². The van der Waals surface area contributed by atoms with Crippen LogP contribution in [0.25, 0.3) is 6.08 Å². The van der Waals surface area contributed by atoms with Crippen LogP contribution in [0.2, 0.25) is 0 Å². The molecule has 0 spiro atoms. The summed E-state index contributed by atoms with van der Waals surface area (Å²) >= 11 is 0. The van der Waals surface area contributed by atoms with E-state index in [4.69, 9.17) is 14.2 Å². The van der Waals surface area contributed by atoms with Gasteiger partial charge in [-0.1, -0.05) is 36.4 Å². The maximum Gasteiger partial charge on any atom is 0.328 e. The number of amides is 1. The third-order valence-corrected chi connectivity index (χ3v) is 3.76. The summed E-state index contributed by atoms with van der Waals surface area (Å²) in [7, 11) is 0. The first kappa shape index (κ1) is 17.5. The highest BCUT2D eigenvalue weighted by molar-refractivity contribution is 5.94. The van der Waals surface area contributed by atoms with Crippen molar-refractivity contribution in [3.05, 3.63) is 65.7 Å². The highest BCUT2D eigenvalue weighted by atomic mass is 16.7. The fourth-order valence-electron chi connectivity index (χ4n) is 2.36. The van der Waals surface area contributed by atoms with Crippen molar-refractivity contribution in [1.82, 2.24) is 5.32 Å². The first-order valence-corrected chi connectivity index (χ1v) is 8.20. The molecule has 1 heterocycles. The monoisotopic (exact) mass is 353 g/mol. The summed E-state index contributed by atoms with van der Waals surface area (Å²) in [5.41, 5.74) is 1.69. The molecule has 1 amide bonds. The lowest BCUT2D eigenvalue weighted by molar-refractivity contribution is -0.148. The van der Waals surface area contributed by atoms with Crippen molar-refractivity contribution in [3.63, 3.8) is 0 Å². The molecule has 1 aliphatic rings. The fourth-order valence-corrected chi connectivity index (χ4v) is 2.36. The molecule has 134 valence electrons. The molecule has 1 aliphatic heterocycles. The zero-order valence-electron chi connectivity index (χ0n) is 14.3. The van der Waals surface area contributed by atoms with Crippen molar-refractivity contribution in [3.8, 4) is 11.5 Å². The van der Waals surface area contributed by atoms with E-state index in [2.05, 4.69) is 5.32 Å². The minimum absolute atomic E-state index is 0.174. The van der Waals surface area contributed by atoms with Gasteiger partial charge in [-0.2, -0.15) is 0 Å². The Morgan fingerprint density at radius 1 is 1.15 bits per heavy atom. The zero-order valence-corrected chi connectivity index (χ0v) is 14.3. The average Bonchev–Trinajstić information content (AvgIpc) is 3.13. The van der Waals surface area contributed by atoms with Crippen LogP contribution in [-0.2, 0) is 20.9 Å². The van der Waals surface area contributed by atoms with Crippen molar-refractivity contribution in [2.45, 2.75) is 19.6 Å². The number of carbonyl (C=O) groups is 2. The number of hydrogen-bond donors (Lipinski definition) is 1. The average molecular weight is 353 g/mol. The number of rotatable bonds is 6. The molecule has 0 saturated heterocycles. The third-order valence-electron chi connectivity index (χ3n) is 3.76. The summed E-state index contributed by atoms with van der Waals surface area (Å²) in [4.78, 5) is 23.9. The second kappa shape index (κ2) is 8.20. The molecule has 26 heavy (non-hydrogen) atoms. The number of esters is 1. The molecular formula is C20H19NO5. The van der Waals surface area contributed by atoms with Gasteiger partial charge in [-0.05, 0) is 36.3 Å². The van der Waals surface area contributed by atoms with Crippen LogP contribution in [0.1, 0.15) is 18.1 Å². The maximum atomic E-state index is 12.0. The Kier molecular flexibility index (Phi) is 5.53. The van der Waals surface area contributed by atoms with E-state index in [9.17, 15) is 9.59 Å². The Labute approximate surface area is 151 Å². The van der Waals surface area contributed by atoms with Crippen molar-refractivity contribution >= 4 is 18.0 Å². The molecule has 2 aromatic carbocycles. The topological polar surface area (TPSA) is 73.9 Å². The number of ether oxygens (including phenoxy) is 3. The van der Waals surface area contributed by atoms with Gasteiger partial charge in [-0.15, -0.1) is 0 Å². The van der Waals surface area contributed by atoms with Gasteiger partial charge in [-0.3, -0.25) is 4.79 Å². The highest BCUT2D eigenvalue weighted by Crippen LogP contribution is 2.32. The Morgan fingerprint density at radius 2 is 1.92 bits per heavy atom. The van der Waals surface area contributed by atoms with Crippen molar-refractivity contribution < 1.29 is 23.8 Å². The molecule has 0 aromatic heterocycles. The predicted octanol–water partition coefficient (Wildman–Crippen LogP) is 2.68. The SMILES string of the molecule is C[C@H](NC(=O)/C=C/c1ccc2c(c1)OCO2)C(=O)OCc1ccccc1. The molecule has 6 heteroatoms. The molecule has 0 bridgehead atoms. The molecule has 0 saturated carbocycles. The second-order valence-electron chi connectivity index (χ2n) is 5.77. The van der Waals surface area contributed by atoms with Crippen LogP contribution in [0.15, 0.2) is 54.6 Å². The van der Waals surface area contributed by atoms with Crippen LogP contribution >= 0.6 is 0 Å². The number of fused-ring (bicyclic) bond motifs is 1. The zero-order chi connectivity index (χ0) is 18.4. The molecule has 3 rings (SSSR count). The van der Waals surface area contributed by atoms with Gasteiger partial charge in [0.05, 0.1) is 0 Å². The lowest BCUT2D eigenvalue weighted by Crippen LogP contribution is -2.38. The van der Waals surface area contributed by atoms with Gasteiger partial charge >= 0.3 is 5.97 Å². The molecule has 0 aliphatic carbocycles. The minimum atomic E-state index is -0.743. The molecule has 0 unspecified atom stereocenters. The van der Waals surface area contributed by atoms with Crippen molar-refractivity contribution in [1.29, 1.82) is 0 Å². The lowest BCUT2D eigenvalue weighted by Gasteiger charge is -2.12. The van der Waals surface area contributed by atoms with Crippen molar-refractivity contribution in [2.24, 2.45) is 0 Å². The second-order valence-corrected chi connectivity index (χ2v) is 5.77. The van der Waals surface area contributed by atoms with E-state index in [1.807, 2.05) is 36.4 Å². The quantitative estimate of drug-likeness (QED) is 0.638. The van der Waals surface area contributed by atoms with Crippen molar-refractivity contribution in [2.75, 3.05) is 6.79 Å². The van der Waals surface area contributed by atoms with Crippen LogP contribution in [0.3, 0.4) is 0 Å². The molecule has 6 nitrogen and oxygen atoms in total. The van der Waals surface area contributed by atoms with E-state index in [0.717, 1.165) is 11.1 Å². The Morgan fingerprint density at radius 3 is 2.73 bits per heavy atom. The molecule has 1 atom stereocenters. The maximum absolute atomic E-state index is 12.0. The standard InChI is InChI=1S/C20H19NO5/c1-14(20(23)24-12-16-5-3-2-4-6-16)21-19(22)10-8-15-7-9-17-18(11-15)26-13-25-17/h2-11,14H,12-13H2,1H3,(H,21,22)/b10-8+/t14-/m0/s1. The largest absolute Gasteiger partial charge is 0.459 e. The molecule has 0 radical (unpaired) electrons. The van der Waals surface area contributed by atoms with Gasteiger partial charge in [-0.25, -0.2) is 4.79 Å². The smallest absolute Gasteiger partial charge is 0.328 e. The van der Waals surface area contributed by atoms with Crippen LogP contribution < -0.4 is 14.8 Å². The normalized spacial score (nSPS) is 13.4. The van der Waals surface area contributed by atoms with Gasteiger partial charge in [0.15, 0.2) is 11.5 Å². The van der Waals surface area contributed by atoms with E-state index in [-0.39, 0.29) is 19.3 Å². The van der Waals surface area contributed by atoms with Crippen LogP contribution in [0.4, 0.5) is 0 Å². The Balaban J connectivity index is 1.48. The Hall–Kier alpha value is -3.28. The van der Waals surface area contributed by atoms with E-state index >= 15 is 0 Å². The summed E-state index contributed by atoms with van der Waals surface area (Å²) in [5.74, 6) is 0.456. The first-order chi connectivity index (χ1) is 12.6. The van der Waals surface area contributed by atoms with Gasteiger partial charge < -0.3 is 19.5 Å². The molecule has 0 fully saturated rings. The fraction of sp³-hybridized carbons (Fsp3) is 0.200. The Bertz CT molecular complexity index is 816. The first-order valence-electron chi connectivity index (χ1n) is 8.20. The predicted molar refractivity (Wildman–Crippen MR) is 95.4 cm³/mol. The number of nitrogens with one attached hydrogen (secondary N) is 1. The minimum Gasteiger partial charge on any atom is -0.459 e. The van der Waals surface area contributed by atoms with Gasteiger partial charge in [0.2, 0.25) is 12.7 Å². The van der Waals surface area contributed by atoms with Crippen LogP contribution in [0.5, 0.6) is 11.5 Å². The molecule has 2 aromatic rings. The summed E-state index contributed by atoms with van der Waals surface area (Å²) < 4.78 is 15.7. The summed E-state index contributed by atoms with van der Waals surface area (Å²) in [5, 5.41) is 2.58. The summed E-state index contributed by atoms with van der Waals surface area (Å²) in [6, 6.07) is 14.0. The third kappa shape index (κ3) is 4.63. The van der Waals surface area contributed by atoms with Gasteiger partial charge in [0, 0.05) is 6.08 Å². The van der Waals surface area contributed by atoms with Gasteiger partial charge in [0.25, 0.3) is 0 Å². The van der Waals surface area contributed by atoms with E-state index in [1.165, 1.54) is 6.08 Å². The van der Waals surface area contributed by atoms with Gasteiger partial charge in [0.1, 0.15) is 12.6 Å².